The Morgan fingerprint density at radius 1 is 1.50 bits per heavy atom. The van der Waals surface area contributed by atoms with Crippen LogP contribution in [0.15, 0.2) is 24.8 Å². The van der Waals surface area contributed by atoms with Crippen LogP contribution in [0.25, 0.3) is 0 Å². The smallest absolute Gasteiger partial charge is 0.321 e. The summed E-state index contributed by atoms with van der Waals surface area (Å²) < 4.78 is 11.8. The predicted molar refractivity (Wildman–Crippen MR) is 20.9 cm³/mol. The Morgan fingerprint density at radius 2 is 2.25 bits per heavy atom. The third kappa shape index (κ3) is 1.84. The van der Waals surface area contributed by atoms with Gasteiger partial charge < -0.3 is 12.4 Å². The SMILES string of the molecule is F[n+]1cccnc1.[Cl-]. The largest absolute Gasteiger partial charge is 1.00 e. The molecule has 2 nitrogen and oxygen atoms in total. The van der Waals surface area contributed by atoms with E-state index in [1.807, 2.05) is 0 Å². The maximum Gasteiger partial charge on any atom is 0.321 e. The first kappa shape index (κ1) is 7.30. The number of hydrogen-bond acceptors (Lipinski definition) is 1. The molecule has 4 heteroatoms. The molecule has 1 heterocycles. The first-order valence-electron chi connectivity index (χ1n) is 1.87. The summed E-state index contributed by atoms with van der Waals surface area (Å²) in [6.45, 7) is 0. The molecule has 0 saturated carbocycles. The van der Waals surface area contributed by atoms with E-state index >= 15 is 0 Å². The average molecular weight is 135 g/mol. The molecule has 44 valence electrons. The summed E-state index contributed by atoms with van der Waals surface area (Å²) in [6.07, 6.45) is 3.86. The van der Waals surface area contributed by atoms with Crippen LogP contribution in [0, 0.1) is 0 Å². The van der Waals surface area contributed by atoms with E-state index in [1.54, 1.807) is 0 Å². The standard InChI is InChI=1S/C4H4FN2.ClH/c5-7-3-1-2-6-4-7;/h1-4H;1H/q+1;/p-1. The summed E-state index contributed by atoms with van der Waals surface area (Å²) in [7, 11) is 0. The van der Waals surface area contributed by atoms with Gasteiger partial charge in [0.25, 0.3) is 0 Å². The molecule has 0 aromatic carbocycles. The topological polar surface area (TPSA) is 16.8 Å². The van der Waals surface area contributed by atoms with Crippen molar-refractivity contribution >= 4 is 0 Å². The van der Waals surface area contributed by atoms with E-state index in [0.717, 1.165) is 6.33 Å². The normalized spacial score (nSPS) is 7.62. The Labute approximate surface area is 52.3 Å². The zero-order valence-electron chi connectivity index (χ0n) is 3.96. The summed E-state index contributed by atoms with van der Waals surface area (Å²) in [5, 5.41) is 0. The Hall–Kier alpha value is -0.700. The fourth-order valence-electron chi connectivity index (χ4n) is 0.311. The van der Waals surface area contributed by atoms with Crippen LogP contribution in [0.2, 0.25) is 0 Å². The minimum Gasteiger partial charge on any atom is -1.00 e. The van der Waals surface area contributed by atoms with Crippen molar-refractivity contribution in [1.82, 2.24) is 4.98 Å². The lowest BCUT2D eigenvalue weighted by atomic mass is 10.7. The third-order valence-electron chi connectivity index (χ3n) is 0.578. The van der Waals surface area contributed by atoms with Gasteiger partial charge in [0.2, 0.25) is 0 Å². The molecular formula is C4H4ClFN2. The Balaban J connectivity index is 0.000000490. The lowest BCUT2D eigenvalue weighted by Gasteiger charge is -1.70. The summed E-state index contributed by atoms with van der Waals surface area (Å²) in [4.78, 5) is 3.86. The Morgan fingerprint density at radius 3 is 2.50 bits per heavy atom. The third-order valence-corrected chi connectivity index (χ3v) is 0.578. The van der Waals surface area contributed by atoms with Gasteiger partial charge in [-0.2, -0.15) is 0 Å². The minimum absolute atomic E-state index is 0. The van der Waals surface area contributed by atoms with E-state index < -0.39 is 0 Å². The van der Waals surface area contributed by atoms with Crippen LogP contribution in [-0.4, -0.2) is 4.98 Å². The molecule has 1 aromatic rings. The molecule has 1 aromatic heterocycles. The van der Waals surface area contributed by atoms with Crippen molar-refractivity contribution in [2.24, 2.45) is 0 Å². The van der Waals surface area contributed by atoms with E-state index in [-0.39, 0.29) is 12.4 Å². The molecule has 0 atom stereocenters. The number of hydrogen-bond donors (Lipinski definition) is 0. The van der Waals surface area contributed by atoms with Crippen LogP contribution in [0.3, 0.4) is 0 Å². The van der Waals surface area contributed by atoms with Gasteiger partial charge >= 0.3 is 6.33 Å². The molecule has 0 N–H and O–H groups in total. The van der Waals surface area contributed by atoms with E-state index in [9.17, 15) is 4.48 Å². The van der Waals surface area contributed by atoms with Gasteiger partial charge in [-0.25, -0.2) is 0 Å². The second-order valence-electron chi connectivity index (χ2n) is 1.10. The molecule has 0 aliphatic rings. The zero-order valence-corrected chi connectivity index (χ0v) is 4.72. The van der Waals surface area contributed by atoms with Crippen LogP contribution in [0.4, 0.5) is 4.48 Å². The monoisotopic (exact) mass is 134 g/mol. The van der Waals surface area contributed by atoms with Crippen molar-refractivity contribution in [2.75, 3.05) is 0 Å². The Kier molecular flexibility index (Phi) is 3.03. The van der Waals surface area contributed by atoms with Crippen molar-refractivity contribution in [3.8, 4) is 0 Å². The van der Waals surface area contributed by atoms with Crippen molar-refractivity contribution in [1.29, 1.82) is 0 Å². The summed E-state index contributed by atoms with van der Waals surface area (Å²) in [6, 6.07) is 1.51. The highest BCUT2D eigenvalue weighted by Crippen LogP contribution is 1.66. The minimum atomic E-state index is 0. The number of aromatic nitrogens is 2. The number of nitrogens with zero attached hydrogens (tertiary/aromatic N) is 2. The molecule has 0 radical (unpaired) electrons. The second-order valence-corrected chi connectivity index (χ2v) is 1.10. The summed E-state index contributed by atoms with van der Waals surface area (Å²) in [5.74, 6) is 0. The fourth-order valence-corrected chi connectivity index (χ4v) is 0.311. The van der Waals surface area contributed by atoms with Crippen molar-refractivity contribution in [3.63, 3.8) is 0 Å². The van der Waals surface area contributed by atoms with Crippen LogP contribution in [0.5, 0.6) is 0 Å². The highest BCUT2D eigenvalue weighted by Gasteiger charge is 1.85. The summed E-state index contributed by atoms with van der Waals surface area (Å²) >= 11 is 0. The molecule has 0 unspecified atom stereocenters. The van der Waals surface area contributed by atoms with Crippen molar-refractivity contribution in [2.45, 2.75) is 0 Å². The summed E-state index contributed by atoms with van der Waals surface area (Å²) in [5.41, 5.74) is 0. The molecular weight excluding hydrogens is 131 g/mol. The maximum absolute atomic E-state index is 11.8. The number of rotatable bonds is 0. The van der Waals surface area contributed by atoms with Gasteiger partial charge in [0.15, 0.2) is 0 Å². The molecule has 0 fully saturated rings. The maximum atomic E-state index is 11.8. The van der Waals surface area contributed by atoms with E-state index in [4.69, 9.17) is 0 Å². The van der Waals surface area contributed by atoms with Gasteiger partial charge in [-0.1, -0.05) is 4.98 Å². The second kappa shape index (κ2) is 3.32. The predicted octanol–water partition coefficient (Wildman–Crippen LogP) is -2.89. The molecule has 0 amide bonds. The van der Waals surface area contributed by atoms with Crippen LogP contribution in [-0.2, 0) is 0 Å². The molecule has 0 saturated heterocycles. The molecule has 0 spiro atoms. The fraction of sp³-hybridized carbons (Fsp3) is 0. The quantitative estimate of drug-likeness (QED) is 0.372. The number of halogens is 2. The van der Waals surface area contributed by atoms with Gasteiger partial charge in [-0.3, -0.25) is 0 Å². The van der Waals surface area contributed by atoms with Crippen molar-refractivity contribution < 1.29 is 21.7 Å². The highest BCUT2D eigenvalue weighted by atomic mass is 35.5. The lowest BCUT2D eigenvalue weighted by molar-refractivity contribution is -0.846. The average Bonchev–Trinajstić information content (AvgIpc) is 1.69. The van der Waals surface area contributed by atoms with Crippen LogP contribution < -0.4 is 17.2 Å². The van der Waals surface area contributed by atoms with Gasteiger partial charge in [0.05, 0.1) is 0 Å². The van der Waals surface area contributed by atoms with Crippen molar-refractivity contribution in [3.05, 3.63) is 24.8 Å². The van der Waals surface area contributed by atoms with Crippen LogP contribution in [0.1, 0.15) is 0 Å². The van der Waals surface area contributed by atoms with Gasteiger partial charge in [-0.15, -0.1) is 0 Å². The van der Waals surface area contributed by atoms with E-state index in [2.05, 4.69) is 4.98 Å². The van der Waals surface area contributed by atoms with Gasteiger partial charge in [0, 0.05) is 10.5 Å². The van der Waals surface area contributed by atoms with Gasteiger partial charge in [-0.05, 0) is 4.79 Å². The highest BCUT2D eigenvalue weighted by molar-refractivity contribution is 4.68. The van der Waals surface area contributed by atoms with E-state index in [0.29, 0.717) is 4.79 Å². The lowest BCUT2D eigenvalue weighted by Crippen LogP contribution is -3.00. The first-order chi connectivity index (χ1) is 3.39. The van der Waals surface area contributed by atoms with Gasteiger partial charge in [0.1, 0.15) is 12.4 Å². The molecule has 0 aliphatic carbocycles. The van der Waals surface area contributed by atoms with E-state index in [1.165, 1.54) is 18.5 Å². The molecule has 1 rings (SSSR count). The zero-order chi connectivity index (χ0) is 5.11. The van der Waals surface area contributed by atoms with Crippen LogP contribution >= 0.6 is 0 Å². The molecule has 0 aliphatic heterocycles. The first-order valence-corrected chi connectivity index (χ1v) is 1.87. The molecule has 0 bridgehead atoms. The molecule has 8 heavy (non-hydrogen) atoms. The Bertz CT molecular complexity index is 144.